The van der Waals surface area contributed by atoms with Crippen molar-refractivity contribution in [2.24, 2.45) is 0 Å². The van der Waals surface area contributed by atoms with Gasteiger partial charge in [0.05, 0.1) is 22.5 Å². The van der Waals surface area contributed by atoms with Crippen LogP contribution in [0.5, 0.6) is 0 Å². The fraction of sp³-hybridized carbons (Fsp3) is 0.304. The lowest BCUT2D eigenvalue weighted by atomic mass is 9.74. The maximum atomic E-state index is 13.5. The summed E-state index contributed by atoms with van der Waals surface area (Å²) in [4.78, 5) is 14.3. The summed E-state index contributed by atoms with van der Waals surface area (Å²) < 4.78 is 58.3. The van der Waals surface area contributed by atoms with Crippen molar-refractivity contribution < 1.29 is 22.0 Å². The van der Waals surface area contributed by atoms with Gasteiger partial charge in [-0.05, 0) is 48.1 Å². The molecular weight excluding hydrogens is 482 g/mol. The van der Waals surface area contributed by atoms with Crippen LogP contribution in [0.2, 0.25) is 0 Å². The second-order valence-electron chi connectivity index (χ2n) is 8.51. The Balaban J connectivity index is 1.38. The Labute approximate surface area is 200 Å². The topological polar surface area (TPSA) is 82.6 Å². The SMILES string of the molecule is O=C(Nc1cnsc1)N1CCC2(CC1)CN(S(=O)(=O)c1ccc(C(F)F)cc1)c1ccccc12. The van der Waals surface area contributed by atoms with Crippen molar-refractivity contribution in [1.82, 2.24) is 9.27 Å². The van der Waals surface area contributed by atoms with Crippen LogP contribution in [0.4, 0.5) is 25.0 Å². The molecule has 7 nitrogen and oxygen atoms in total. The van der Waals surface area contributed by atoms with Crippen molar-refractivity contribution in [3.05, 3.63) is 71.2 Å². The van der Waals surface area contributed by atoms with Crippen LogP contribution >= 0.6 is 11.5 Å². The first kappa shape index (κ1) is 22.7. The summed E-state index contributed by atoms with van der Waals surface area (Å²) in [5, 5.41) is 4.59. The molecule has 178 valence electrons. The molecule has 1 spiro atoms. The highest BCUT2D eigenvalue weighted by Gasteiger charge is 2.48. The molecule has 0 radical (unpaired) electrons. The zero-order valence-electron chi connectivity index (χ0n) is 18.0. The molecule has 2 aromatic carbocycles. The van der Waals surface area contributed by atoms with Crippen molar-refractivity contribution in [3.63, 3.8) is 0 Å². The molecule has 2 amide bonds. The number of piperidine rings is 1. The molecule has 1 saturated heterocycles. The number of hydrogen-bond donors (Lipinski definition) is 1. The maximum absolute atomic E-state index is 13.5. The largest absolute Gasteiger partial charge is 0.324 e. The van der Waals surface area contributed by atoms with E-state index < -0.39 is 21.9 Å². The third-order valence-corrected chi connectivity index (χ3v) is 8.96. The van der Waals surface area contributed by atoms with Crippen LogP contribution in [0.3, 0.4) is 0 Å². The first-order chi connectivity index (χ1) is 16.3. The number of sulfonamides is 1. The van der Waals surface area contributed by atoms with E-state index in [1.807, 2.05) is 12.1 Å². The Morgan fingerprint density at radius 2 is 1.79 bits per heavy atom. The van der Waals surface area contributed by atoms with Gasteiger partial charge in [-0.1, -0.05) is 30.3 Å². The number of anilines is 2. The first-order valence-corrected chi connectivity index (χ1v) is 13.0. The standard InChI is InChI=1S/C23H22F2N4O3S2/c24-21(25)16-5-7-18(8-6-16)34(31,32)29-15-23(19-3-1-2-4-20(19)29)9-11-28(12-10-23)22(30)27-17-13-26-33-14-17/h1-8,13-14,21H,9-12,15H2,(H,27,30). The second-order valence-corrected chi connectivity index (χ2v) is 11.0. The molecule has 3 heterocycles. The number of halogens is 2. The van der Waals surface area contributed by atoms with Crippen molar-refractivity contribution >= 4 is 39.0 Å². The molecular formula is C23H22F2N4O3S2. The van der Waals surface area contributed by atoms with Crippen LogP contribution in [-0.4, -0.2) is 43.4 Å². The van der Waals surface area contributed by atoms with E-state index in [4.69, 9.17) is 0 Å². The lowest BCUT2D eigenvalue weighted by Crippen LogP contribution is -2.48. The molecule has 2 aliphatic rings. The lowest BCUT2D eigenvalue weighted by Gasteiger charge is -2.39. The number of benzene rings is 2. The van der Waals surface area contributed by atoms with Crippen LogP contribution < -0.4 is 9.62 Å². The molecule has 0 atom stereocenters. The Morgan fingerprint density at radius 3 is 2.44 bits per heavy atom. The molecule has 11 heteroatoms. The highest BCUT2D eigenvalue weighted by molar-refractivity contribution is 7.92. The van der Waals surface area contributed by atoms with Crippen molar-refractivity contribution in [2.45, 2.75) is 29.6 Å². The van der Waals surface area contributed by atoms with Crippen molar-refractivity contribution in [1.29, 1.82) is 0 Å². The zero-order chi connectivity index (χ0) is 23.9. The van der Waals surface area contributed by atoms with E-state index in [1.165, 1.54) is 28.0 Å². The number of carbonyl (C=O) groups is 1. The number of likely N-dealkylation sites (tertiary alicyclic amines) is 1. The smallest absolute Gasteiger partial charge is 0.321 e. The highest BCUT2D eigenvalue weighted by atomic mass is 32.2. The number of nitrogens with zero attached hydrogens (tertiary/aromatic N) is 3. The van der Waals surface area contributed by atoms with Crippen molar-refractivity contribution in [2.75, 3.05) is 29.3 Å². The Bertz CT molecular complexity index is 1290. The molecule has 1 aromatic heterocycles. The normalized spacial score (nSPS) is 17.3. The van der Waals surface area contributed by atoms with Gasteiger partial charge in [-0.25, -0.2) is 22.0 Å². The number of nitrogens with one attached hydrogen (secondary N) is 1. The predicted octanol–water partition coefficient (Wildman–Crippen LogP) is 4.86. The minimum Gasteiger partial charge on any atom is -0.324 e. The van der Waals surface area contributed by atoms with E-state index >= 15 is 0 Å². The van der Waals surface area contributed by atoms with Crippen LogP contribution in [0.15, 0.2) is 65.0 Å². The summed E-state index contributed by atoms with van der Waals surface area (Å²) >= 11 is 1.26. The van der Waals surface area contributed by atoms with E-state index in [0.717, 1.165) is 17.7 Å². The van der Waals surface area contributed by atoms with Crippen LogP contribution in [0, 0.1) is 0 Å². The molecule has 2 aliphatic heterocycles. The number of para-hydroxylation sites is 1. The Kier molecular flexibility index (Phi) is 5.76. The summed E-state index contributed by atoms with van der Waals surface area (Å²) in [5.41, 5.74) is 1.54. The van der Waals surface area contributed by atoms with Gasteiger partial charge in [0.25, 0.3) is 16.4 Å². The van der Waals surface area contributed by atoms with Gasteiger partial charge in [0, 0.05) is 36.0 Å². The van der Waals surface area contributed by atoms with E-state index in [9.17, 15) is 22.0 Å². The number of alkyl halides is 2. The molecule has 5 rings (SSSR count). The zero-order valence-corrected chi connectivity index (χ0v) is 19.7. The highest BCUT2D eigenvalue weighted by Crippen LogP contribution is 2.48. The molecule has 0 unspecified atom stereocenters. The van der Waals surface area contributed by atoms with Gasteiger partial charge in [0.2, 0.25) is 0 Å². The maximum Gasteiger partial charge on any atom is 0.321 e. The first-order valence-electron chi connectivity index (χ1n) is 10.8. The minimum atomic E-state index is -3.94. The predicted molar refractivity (Wildman–Crippen MR) is 126 cm³/mol. The second kappa shape index (κ2) is 8.62. The third-order valence-electron chi connectivity index (χ3n) is 6.60. The quantitative estimate of drug-likeness (QED) is 0.550. The van der Waals surface area contributed by atoms with E-state index in [-0.39, 0.29) is 23.0 Å². The molecule has 3 aromatic rings. The third kappa shape index (κ3) is 3.92. The van der Waals surface area contributed by atoms with Crippen molar-refractivity contribution in [3.8, 4) is 0 Å². The average Bonchev–Trinajstić information content (AvgIpc) is 3.47. The molecule has 34 heavy (non-hydrogen) atoms. The number of amides is 2. The van der Waals surface area contributed by atoms with Gasteiger partial charge in [-0.15, -0.1) is 0 Å². The monoisotopic (exact) mass is 504 g/mol. The Morgan fingerprint density at radius 1 is 1.09 bits per heavy atom. The van der Waals surface area contributed by atoms with Gasteiger partial charge in [-0.3, -0.25) is 4.31 Å². The summed E-state index contributed by atoms with van der Waals surface area (Å²) in [7, 11) is -3.94. The van der Waals surface area contributed by atoms with Crippen LogP contribution in [0.25, 0.3) is 0 Å². The summed E-state index contributed by atoms with van der Waals surface area (Å²) in [6.07, 6.45) is 0.147. The number of aromatic nitrogens is 1. The molecule has 0 saturated carbocycles. The van der Waals surface area contributed by atoms with Crippen LogP contribution in [-0.2, 0) is 15.4 Å². The van der Waals surface area contributed by atoms with E-state index in [2.05, 4.69) is 9.69 Å². The number of carbonyl (C=O) groups excluding carboxylic acids is 1. The summed E-state index contributed by atoms with van der Waals surface area (Å²) in [6.45, 7) is 1.21. The number of urea groups is 1. The number of rotatable bonds is 4. The minimum absolute atomic E-state index is 0.0232. The van der Waals surface area contributed by atoms with E-state index in [1.54, 1.807) is 28.6 Å². The van der Waals surface area contributed by atoms with Gasteiger partial charge < -0.3 is 10.2 Å². The number of hydrogen-bond acceptors (Lipinski definition) is 5. The molecule has 0 bridgehead atoms. The van der Waals surface area contributed by atoms with Crippen LogP contribution in [0.1, 0.15) is 30.4 Å². The Hall–Kier alpha value is -3.05. The fourth-order valence-corrected chi connectivity index (χ4v) is 6.78. The van der Waals surface area contributed by atoms with Gasteiger partial charge in [0.15, 0.2) is 0 Å². The van der Waals surface area contributed by atoms with Gasteiger partial charge >= 0.3 is 6.03 Å². The fourth-order valence-electron chi connectivity index (χ4n) is 4.75. The summed E-state index contributed by atoms with van der Waals surface area (Å²) in [5.74, 6) is 0. The number of fused-ring (bicyclic) bond motifs is 2. The lowest BCUT2D eigenvalue weighted by molar-refractivity contribution is 0.151. The average molecular weight is 505 g/mol. The van der Waals surface area contributed by atoms with E-state index in [0.29, 0.717) is 37.3 Å². The molecule has 1 N–H and O–H groups in total. The molecule has 0 aliphatic carbocycles. The summed E-state index contributed by atoms with van der Waals surface area (Å²) in [6, 6.07) is 12.0. The molecule has 1 fully saturated rings. The van der Waals surface area contributed by atoms with Gasteiger partial charge in [0.1, 0.15) is 0 Å². The van der Waals surface area contributed by atoms with Gasteiger partial charge in [-0.2, -0.15) is 4.37 Å².